The number of hydrogen-bond donors (Lipinski definition) is 3. The standard InChI is InChI=1S/C11H14F2N2O/c12-9-3-7(14)4-10(13)11(9)15-5-6-1-8(16)2-6/h3-4,6,8,15-16H,1-2,5,14H2. The van der Waals surface area contributed by atoms with Crippen LogP contribution < -0.4 is 11.1 Å². The van der Waals surface area contributed by atoms with E-state index in [4.69, 9.17) is 10.8 Å². The Kier molecular flexibility index (Phi) is 2.96. The van der Waals surface area contributed by atoms with Crippen LogP contribution in [0.2, 0.25) is 0 Å². The summed E-state index contributed by atoms with van der Waals surface area (Å²) in [5.74, 6) is -1.08. The lowest BCUT2D eigenvalue weighted by Crippen LogP contribution is -2.33. The minimum Gasteiger partial charge on any atom is -0.399 e. The number of anilines is 2. The van der Waals surface area contributed by atoms with E-state index in [0.29, 0.717) is 19.4 Å². The predicted octanol–water partition coefficient (Wildman–Crippen LogP) is 1.73. The average molecular weight is 228 g/mol. The Balaban J connectivity index is 1.98. The quantitative estimate of drug-likeness (QED) is 0.690. The maximum atomic E-state index is 13.3. The van der Waals surface area contributed by atoms with Crippen molar-refractivity contribution in [2.45, 2.75) is 18.9 Å². The molecule has 0 radical (unpaired) electrons. The summed E-state index contributed by atoms with van der Waals surface area (Å²) in [6.45, 7) is 0.467. The van der Waals surface area contributed by atoms with Crippen molar-refractivity contribution in [3.63, 3.8) is 0 Å². The Hall–Kier alpha value is -1.36. The van der Waals surface area contributed by atoms with Crippen LogP contribution >= 0.6 is 0 Å². The normalized spacial score (nSPS) is 23.9. The molecule has 16 heavy (non-hydrogen) atoms. The van der Waals surface area contributed by atoms with E-state index in [9.17, 15) is 8.78 Å². The molecule has 88 valence electrons. The fraction of sp³-hybridized carbons (Fsp3) is 0.455. The molecule has 1 saturated carbocycles. The van der Waals surface area contributed by atoms with Crippen molar-refractivity contribution in [1.29, 1.82) is 0 Å². The van der Waals surface area contributed by atoms with Gasteiger partial charge >= 0.3 is 0 Å². The number of benzene rings is 1. The second kappa shape index (κ2) is 4.25. The van der Waals surface area contributed by atoms with Gasteiger partial charge in [-0.1, -0.05) is 0 Å². The van der Waals surface area contributed by atoms with E-state index in [1.165, 1.54) is 0 Å². The van der Waals surface area contributed by atoms with Gasteiger partial charge in [0.05, 0.1) is 6.10 Å². The molecule has 2 rings (SSSR count). The fourth-order valence-corrected chi connectivity index (χ4v) is 1.88. The van der Waals surface area contributed by atoms with E-state index in [1.807, 2.05) is 0 Å². The number of nitrogen functional groups attached to an aromatic ring is 1. The number of aliphatic hydroxyl groups excluding tert-OH is 1. The van der Waals surface area contributed by atoms with Gasteiger partial charge in [0.1, 0.15) is 5.69 Å². The molecule has 0 aromatic heterocycles. The summed E-state index contributed by atoms with van der Waals surface area (Å²) < 4.78 is 26.7. The second-order valence-electron chi connectivity index (χ2n) is 4.23. The predicted molar refractivity (Wildman–Crippen MR) is 58.0 cm³/mol. The molecule has 0 atom stereocenters. The average Bonchev–Trinajstić information content (AvgIpc) is 2.12. The Morgan fingerprint density at radius 1 is 1.31 bits per heavy atom. The number of nitrogens with one attached hydrogen (secondary N) is 1. The Bertz CT molecular complexity index is 369. The second-order valence-corrected chi connectivity index (χ2v) is 4.23. The van der Waals surface area contributed by atoms with Crippen LogP contribution in [-0.2, 0) is 0 Å². The van der Waals surface area contributed by atoms with Crippen molar-refractivity contribution < 1.29 is 13.9 Å². The van der Waals surface area contributed by atoms with Gasteiger partial charge in [-0.25, -0.2) is 8.78 Å². The molecular weight excluding hydrogens is 214 g/mol. The zero-order valence-electron chi connectivity index (χ0n) is 8.71. The highest BCUT2D eigenvalue weighted by Crippen LogP contribution is 2.28. The number of nitrogens with two attached hydrogens (primary N) is 1. The van der Waals surface area contributed by atoms with Gasteiger partial charge in [0.25, 0.3) is 0 Å². The van der Waals surface area contributed by atoms with Crippen LogP contribution in [0.5, 0.6) is 0 Å². The van der Waals surface area contributed by atoms with Gasteiger partial charge in [0.15, 0.2) is 11.6 Å². The molecule has 1 aromatic rings. The molecule has 0 heterocycles. The number of rotatable bonds is 3. The summed E-state index contributed by atoms with van der Waals surface area (Å²) in [4.78, 5) is 0. The smallest absolute Gasteiger partial charge is 0.151 e. The summed E-state index contributed by atoms with van der Waals surface area (Å²) in [5.41, 5.74) is 5.23. The largest absolute Gasteiger partial charge is 0.399 e. The van der Waals surface area contributed by atoms with Crippen molar-refractivity contribution in [2.24, 2.45) is 5.92 Å². The first-order chi connectivity index (χ1) is 7.56. The molecule has 3 nitrogen and oxygen atoms in total. The molecule has 0 saturated heterocycles. The molecular formula is C11H14F2N2O. The van der Waals surface area contributed by atoms with E-state index in [0.717, 1.165) is 12.1 Å². The Morgan fingerprint density at radius 3 is 2.38 bits per heavy atom. The Morgan fingerprint density at radius 2 is 1.88 bits per heavy atom. The molecule has 0 amide bonds. The summed E-state index contributed by atoms with van der Waals surface area (Å²) in [5, 5.41) is 11.8. The van der Waals surface area contributed by atoms with Crippen molar-refractivity contribution in [1.82, 2.24) is 0 Å². The lowest BCUT2D eigenvalue weighted by Gasteiger charge is -2.31. The molecule has 0 unspecified atom stereocenters. The molecule has 1 fully saturated rings. The van der Waals surface area contributed by atoms with Crippen molar-refractivity contribution in [3.05, 3.63) is 23.8 Å². The maximum absolute atomic E-state index is 13.3. The van der Waals surface area contributed by atoms with Crippen molar-refractivity contribution in [2.75, 3.05) is 17.6 Å². The molecule has 5 heteroatoms. The summed E-state index contributed by atoms with van der Waals surface area (Å²) in [6, 6.07) is 2.17. The fourth-order valence-electron chi connectivity index (χ4n) is 1.88. The summed E-state index contributed by atoms with van der Waals surface area (Å²) >= 11 is 0. The monoisotopic (exact) mass is 228 g/mol. The highest BCUT2D eigenvalue weighted by atomic mass is 19.1. The van der Waals surface area contributed by atoms with Gasteiger partial charge in [0.2, 0.25) is 0 Å². The molecule has 0 aliphatic heterocycles. The van der Waals surface area contributed by atoms with E-state index >= 15 is 0 Å². The van der Waals surface area contributed by atoms with Crippen molar-refractivity contribution >= 4 is 11.4 Å². The van der Waals surface area contributed by atoms with Crippen molar-refractivity contribution in [3.8, 4) is 0 Å². The summed E-state index contributed by atoms with van der Waals surface area (Å²) in [6.07, 6.45) is 1.11. The number of aliphatic hydroxyl groups is 1. The molecule has 4 N–H and O–H groups in total. The molecule has 1 aromatic carbocycles. The van der Waals surface area contributed by atoms with E-state index in [-0.39, 0.29) is 23.4 Å². The van der Waals surface area contributed by atoms with Crippen LogP contribution in [-0.4, -0.2) is 17.8 Å². The maximum Gasteiger partial charge on any atom is 0.151 e. The number of hydrogen-bond acceptors (Lipinski definition) is 3. The van der Waals surface area contributed by atoms with Crippen LogP contribution in [0.15, 0.2) is 12.1 Å². The lowest BCUT2D eigenvalue weighted by molar-refractivity contribution is 0.0486. The van der Waals surface area contributed by atoms with Gasteiger partial charge in [-0.15, -0.1) is 0 Å². The van der Waals surface area contributed by atoms with Gasteiger partial charge in [-0.3, -0.25) is 0 Å². The van der Waals surface area contributed by atoms with Gasteiger partial charge < -0.3 is 16.2 Å². The molecule has 1 aliphatic carbocycles. The first kappa shape index (κ1) is 11.1. The van der Waals surface area contributed by atoms with E-state index < -0.39 is 11.6 Å². The minimum absolute atomic E-state index is 0.0691. The molecule has 0 bridgehead atoms. The highest BCUT2D eigenvalue weighted by Gasteiger charge is 2.27. The van der Waals surface area contributed by atoms with Crippen LogP contribution in [0.1, 0.15) is 12.8 Å². The minimum atomic E-state index is -0.683. The van der Waals surface area contributed by atoms with Crippen LogP contribution in [0.25, 0.3) is 0 Å². The van der Waals surface area contributed by atoms with Gasteiger partial charge in [-0.2, -0.15) is 0 Å². The lowest BCUT2D eigenvalue weighted by atomic mass is 9.82. The van der Waals surface area contributed by atoms with E-state index in [2.05, 4.69) is 5.32 Å². The topological polar surface area (TPSA) is 58.3 Å². The molecule has 0 spiro atoms. The third-order valence-electron chi connectivity index (χ3n) is 2.84. The molecule has 1 aliphatic rings. The van der Waals surface area contributed by atoms with Crippen LogP contribution in [0.4, 0.5) is 20.2 Å². The zero-order valence-corrected chi connectivity index (χ0v) is 8.71. The van der Waals surface area contributed by atoms with Gasteiger partial charge in [-0.05, 0) is 30.9 Å². The Labute approximate surface area is 92.3 Å². The number of halogens is 2. The van der Waals surface area contributed by atoms with E-state index in [1.54, 1.807) is 0 Å². The van der Waals surface area contributed by atoms with Gasteiger partial charge in [0, 0.05) is 12.2 Å². The third kappa shape index (κ3) is 2.24. The highest BCUT2D eigenvalue weighted by molar-refractivity contribution is 5.54. The van der Waals surface area contributed by atoms with Crippen LogP contribution in [0.3, 0.4) is 0 Å². The summed E-state index contributed by atoms with van der Waals surface area (Å²) in [7, 11) is 0. The van der Waals surface area contributed by atoms with Crippen LogP contribution in [0, 0.1) is 17.6 Å². The first-order valence-corrected chi connectivity index (χ1v) is 5.22. The first-order valence-electron chi connectivity index (χ1n) is 5.22. The zero-order chi connectivity index (χ0) is 11.7. The SMILES string of the molecule is Nc1cc(F)c(NCC2CC(O)C2)c(F)c1. The third-order valence-corrected chi connectivity index (χ3v) is 2.84.